The first-order valence-electron chi connectivity index (χ1n) is 4.77. The Kier molecular flexibility index (Phi) is 4.59. The van der Waals surface area contributed by atoms with Crippen LogP contribution in [0.5, 0.6) is 0 Å². The van der Waals surface area contributed by atoms with Crippen LogP contribution in [0.2, 0.25) is 0 Å². The second-order valence-electron chi connectivity index (χ2n) is 3.87. The average Bonchev–Trinajstić information content (AvgIpc) is 2.23. The zero-order chi connectivity index (χ0) is 17.7. The highest BCUT2D eigenvalue weighted by atomic mass is 19.4. The van der Waals surface area contributed by atoms with Gasteiger partial charge >= 0.3 is 30.1 Å². The van der Waals surface area contributed by atoms with Crippen molar-refractivity contribution in [2.45, 2.75) is 49.1 Å². The van der Waals surface area contributed by atoms with Gasteiger partial charge in [-0.05, 0) is 6.42 Å². The van der Waals surface area contributed by atoms with Gasteiger partial charge in [0, 0.05) is 0 Å². The summed E-state index contributed by atoms with van der Waals surface area (Å²) >= 11 is 0. The van der Waals surface area contributed by atoms with Crippen molar-refractivity contribution in [1.29, 1.82) is 0 Å². The number of alkyl halides is 13. The SMILES string of the molecule is CCC(F)(C(F)(F)F)C(F)(F)C(F)(F)C(F)(F)C(F)(F)F. The molecule has 0 aromatic rings. The summed E-state index contributed by atoms with van der Waals surface area (Å²) in [5.41, 5.74) is -6.28. The van der Waals surface area contributed by atoms with Gasteiger partial charge in [-0.15, -0.1) is 0 Å². The second kappa shape index (κ2) is 4.80. The molecule has 0 heterocycles. The Morgan fingerprint density at radius 3 is 1.00 bits per heavy atom. The Balaban J connectivity index is 6.24. The van der Waals surface area contributed by atoms with Gasteiger partial charge in [-0.3, -0.25) is 0 Å². The van der Waals surface area contributed by atoms with Gasteiger partial charge in [-0.25, -0.2) is 4.39 Å². The first-order chi connectivity index (χ1) is 8.81. The molecule has 0 aromatic carbocycles. The van der Waals surface area contributed by atoms with E-state index in [1.807, 2.05) is 0 Å². The average molecular weight is 348 g/mol. The number of hydrogen-bond donors (Lipinski definition) is 0. The fourth-order valence-corrected chi connectivity index (χ4v) is 1.22. The van der Waals surface area contributed by atoms with E-state index in [1.54, 1.807) is 0 Å². The fourth-order valence-electron chi connectivity index (χ4n) is 1.22. The standard InChI is InChI=1S/C8H5F13/c1-2-3(9,7(16,17)18)4(10,11)5(12,13)6(14,15)8(19,20)21/h2H2,1H3. The van der Waals surface area contributed by atoms with Crippen LogP contribution in [0.3, 0.4) is 0 Å². The Morgan fingerprint density at radius 1 is 0.476 bits per heavy atom. The van der Waals surface area contributed by atoms with Crippen molar-refractivity contribution < 1.29 is 57.1 Å². The van der Waals surface area contributed by atoms with Crippen LogP contribution in [0.1, 0.15) is 13.3 Å². The molecule has 0 rings (SSSR count). The van der Waals surface area contributed by atoms with Crippen molar-refractivity contribution in [3.63, 3.8) is 0 Å². The maximum atomic E-state index is 13.2. The number of halogens is 13. The quantitative estimate of drug-likeness (QED) is 0.618. The number of hydrogen-bond acceptors (Lipinski definition) is 0. The van der Waals surface area contributed by atoms with E-state index in [0.29, 0.717) is 0 Å². The van der Waals surface area contributed by atoms with Gasteiger partial charge in [0.25, 0.3) is 5.67 Å². The molecule has 0 saturated carbocycles. The summed E-state index contributed by atoms with van der Waals surface area (Å²) in [5, 5.41) is 0. The molecule has 0 aliphatic rings. The largest absolute Gasteiger partial charge is 0.460 e. The Labute approximate surface area is 107 Å². The molecular formula is C8H5F13. The first-order valence-corrected chi connectivity index (χ1v) is 4.77. The van der Waals surface area contributed by atoms with E-state index >= 15 is 0 Å². The molecule has 128 valence electrons. The minimum atomic E-state index is -7.67. The minimum Gasteiger partial charge on any atom is -0.227 e. The van der Waals surface area contributed by atoms with Gasteiger partial charge in [0.15, 0.2) is 0 Å². The summed E-state index contributed by atoms with van der Waals surface area (Å²) < 4.78 is 161. The highest BCUT2D eigenvalue weighted by Crippen LogP contribution is 2.60. The smallest absolute Gasteiger partial charge is 0.227 e. The van der Waals surface area contributed by atoms with Crippen molar-refractivity contribution in [3.8, 4) is 0 Å². The van der Waals surface area contributed by atoms with Gasteiger partial charge in [0.2, 0.25) is 0 Å². The third-order valence-electron chi connectivity index (χ3n) is 2.58. The molecule has 0 aliphatic carbocycles. The summed E-state index contributed by atoms with van der Waals surface area (Å²) in [7, 11) is 0. The van der Waals surface area contributed by atoms with E-state index in [1.165, 1.54) is 0 Å². The zero-order valence-electron chi connectivity index (χ0n) is 9.62. The van der Waals surface area contributed by atoms with Gasteiger partial charge in [-0.2, -0.15) is 52.7 Å². The Bertz CT molecular complexity index is 375. The number of rotatable bonds is 4. The molecule has 0 spiro atoms. The predicted octanol–water partition coefficient (Wildman–Crippen LogP) is 5.14. The highest BCUT2D eigenvalue weighted by molar-refractivity contribution is 5.11. The van der Waals surface area contributed by atoms with Gasteiger partial charge in [0.1, 0.15) is 0 Å². The van der Waals surface area contributed by atoms with Crippen LogP contribution in [0.15, 0.2) is 0 Å². The van der Waals surface area contributed by atoms with E-state index in [-0.39, 0.29) is 6.92 Å². The normalized spacial score (nSPS) is 18.6. The lowest BCUT2D eigenvalue weighted by Gasteiger charge is -2.41. The van der Waals surface area contributed by atoms with E-state index in [0.717, 1.165) is 0 Å². The predicted molar refractivity (Wildman–Crippen MR) is 41.1 cm³/mol. The Morgan fingerprint density at radius 2 is 0.810 bits per heavy atom. The van der Waals surface area contributed by atoms with E-state index in [9.17, 15) is 57.1 Å². The summed E-state index contributed by atoms with van der Waals surface area (Å²) in [6.07, 6.45) is -16.6. The molecule has 21 heavy (non-hydrogen) atoms. The van der Waals surface area contributed by atoms with Crippen LogP contribution in [-0.2, 0) is 0 Å². The van der Waals surface area contributed by atoms with Crippen LogP contribution in [0, 0.1) is 0 Å². The van der Waals surface area contributed by atoms with E-state index in [2.05, 4.69) is 0 Å². The Hall–Kier alpha value is -0.910. The second-order valence-corrected chi connectivity index (χ2v) is 3.87. The molecule has 0 bridgehead atoms. The summed E-state index contributed by atoms with van der Waals surface area (Å²) in [6.45, 7) is -0.0663. The third kappa shape index (κ3) is 2.51. The summed E-state index contributed by atoms with van der Waals surface area (Å²) in [6, 6.07) is 0. The van der Waals surface area contributed by atoms with Crippen molar-refractivity contribution in [1.82, 2.24) is 0 Å². The van der Waals surface area contributed by atoms with E-state index < -0.39 is 42.2 Å². The molecule has 0 aliphatic heterocycles. The van der Waals surface area contributed by atoms with Crippen molar-refractivity contribution in [3.05, 3.63) is 0 Å². The molecule has 0 radical (unpaired) electrons. The molecular weight excluding hydrogens is 343 g/mol. The molecule has 1 atom stereocenters. The van der Waals surface area contributed by atoms with Gasteiger partial charge in [-0.1, -0.05) is 6.92 Å². The van der Waals surface area contributed by atoms with Crippen LogP contribution in [-0.4, -0.2) is 35.8 Å². The van der Waals surface area contributed by atoms with Gasteiger partial charge in [0.05, 0.1) is 0 Å². The molecule has 0 N–H and O–H groups in total. The summed E-state index contributed by atoms with van der Waals surface area (Å²) in [4.78, 5) is 0. The molecule has 0 nitrogen and oxygen atoms in total. The van der Waals surface area contributed by atoms with Crippen LogP contribution < -0.4 is 0 Å². The fraction of sp³-hybridized carbons (Fsp3) is 1.00. The highest BCUT2D eigenvalue weighted by Gasteiger charge is 2.89. The monoisotopic (exact) mass is 348 g/mol. The van der Waals surface area contributed by atoms with Crippen molar-refractivity contribution in [2.75, 3.05) is 0 Å². The third-order valence-corrected chi connectivity index (χ3v) is 2.58. The van der Waals surface area contributed by atoms with Crippen molar-refractivity contribution >= 4 is 0 Å². The molecule has 0 amide bonds. The molecule has 0 fully saturated rings. The van der Waals surface area contributed by atoms with Crippen molar-refractivity contribution in [2.24, 2.45) is 0 Å². The minimum absolute atomic E-state index is 0.0663. The zero-order valence-corrected chi connectivity index (χ0v) is 9.62. The van der Waals surface area contributed by atoms with E-state index in [4.69, 9.17) is 0 Å². The lowest BCUT2D eigenvalue weighted by molar-refractivity contribution is -0.431. The molecule has 13 heteroatoms. The van der Waals surface area contributed by atoms with Gasteiger partial charge < -0.3 is 0 Å². The maximum absolute atomic E-state index is 13.2. The lowest BCUT2D eigenvalue weighted by atomic mass is 9.86. The molecule has 0 aromatic heterocycles. The molecule has 0 saturated heterocycles. The van der Waals surface area contributed by atoms with Crippen LogP contribution in [0.25, 0.3) is 0 Å². The maximum Gasteiger partial charge on any atom is 0.460 e. The lowest BCUT2D eigenvalue weighted by Crippen LogP contribution is -2.70. The first kappa shape index (κ1) is 20.1. The molecule has 1 unspecified atom stereocenters. The topological polar surface area (TPSA) is 0 Å². The van der Waals surface area contributed by atoms with Crippen LogP contribution >= 0.6 is 0 Å². The summed E-state index contributed by atoms with van der Waals surface area (Å²) in [5.74, 6) is -22.6. The van der Waals surface area contributed by atoms with Crippen LogP contribution in [0.4, 0.5) is 57.1 Å².